The molecule has 0 spiro atoms. The molecular weight excluding hydrogens is 449 g/mol. The Bertz CT molecular complexity index is 1020. The number of fused-ring (bicyclic) bond motifs is 1. The summed E-state index contributed by atoms with van der Waals surface area (Å²) in [5.41, 5.74) is 4.21. The summed E-state index contributed by atoms with van der Waals surface area (Å²) in [4.78, 5) is 22.0. The highest BCUT2D eigenvalue weighted by atomic mass is 35.5. The van der Waals surface area contributed by atoms with Gasteiger partial charge in [-0.15, -0.1) is 12.4 Å². The van der Waals surface area contributed by atoms with Crippen LogP contribution >= 0.6 is 35.3 Å². The van der Waals surface area contributed by atoms with Crippen molar-refractivity contribution in [3.8, 4) is 0 Å². The van der Waals surface area contributed by atoms with Crippen LogP contribution < -0.4 is 4.90 Å². The molecule has 1 heterocycles. The third kappa shape index (κ3) is 6.30. The van der Waals surface area contributed by atoms with Gasteiger partial charge in [-0.25, -0.2) is 4.98 Å². The fraction of sp³-hybridized carbons (Fsp3) is 0.333. The first-order chi connectivity index (χ1) is 14.4. The quantitative estimate of drug-likeness (QED) is 0.353. The minimum atomic E-state index is -0.0884. The second-order valence-corrected chi connectivity index (χ2v) is 8.69. The summed E-state index contributed by atoms with van der Waals surface area (Å²) in [6, 6.07) is 11.8. The third-order valence-corrected chi connectivity index (χ3v) is 6.72. The number of hydrogen-bond donors (Lipinski definition) is 0. The predicted molar refractivity (Wildman–Crippen MR) is 137 cm³/mol. The molecular formula is C24H29Cl2N3OS. The summed E-state index contributed by atoms with van der Waals surface area (Å²) in [6.07, 6.45) is 3.36. The van der Waals surface area contributed by atoms with Crippen molar-refractivity contribution >= 4 is 62.7 Å². The maximum atomic E-state index is 13.2. The Morgan fingerprint density at radius 3 is 2.45 bits per heavy atom. The Balaban J connectivity index is 0.00000341. The summed E-state index contributed by atoms with van der Waals surface area (Å²) in [5, 5.41) is 1.36. The number of nitrogens with zero attached hydrogens (tertiary/aromatic N) is 3. The third-order valence-electron chi connectivity index (χ3n) is 5.33. The van der Waals surface area contributed by atoms with Crippen molar-refractivity contribution in [2.45, 2.75) is 27.7 Å². The standard InChI is InChI=1S/C24H28ClN3OS.ClH/c1-5-27(6-2)13-14-28(23(29)12-11-19-9-7-8-10-20(19)25)24-26-21-15-17(3)18(4)16-22(21)30-24;/h7-12,15-16H,5-6,13-14H2,1-4H3;1H. The van der Waals surface area contributed by atoms with E-state index < -0.39 is 0 Å². The van der Waals surface area contributed by atoms with Gasteiger partial charge in [-0.2, -0.15) is 0 Å². The molecule has 0 aliphatic carbocycles. The Hall–Kier alpha value is -1.92. The number of amides is 1. The minimum absolute atomic E-state index is 0. The first-order valence-corrected chi connectivity index (χ1v) is 11.5. The van der Waals surface area contributed by atoms with Gasteiger partial charge in [0, 0.05) is 24.2 Å². The van der Waals surface area contributed by atoms with Crippen LogP contribution in [0.2, 0.25) is 5.02 Å². The fourth-order valence-corrected chi connectivity index (χ4v) is 4.50. The average Bonchev–Trinajstić information content (AvgIpc) is 3.13. The van der Waals surface area contributed by atoms with E-state index >= 15 is 0 Å². The number of benzene rings is 2. The van der Waals surface area contributed by atoms with E-state index in [0.717, 1.165) is 40.5 Å². The summed E-state index contributed by atoms with van der Waals surface area (Å²) >= 11 is 7.80. The summed E-state index contributed by atoms with van der Waals surface area (Å²) in [6.45, 7) is 11.7. The van der Waals surface area contributed by atoms with Gasteiger partial charge in [0.25, 0.3) is 5.91 Å². The lowest BCUT2D eigenvalue weighted by atomic mass is 10.1. The monoisotopic (exact) mass is 477 g/mol. The second-order valence-electron chi connectivity index (χ2n) is 7.27. The van der Waals surface area contributed by atoms with E-state index in [2.05, 4.69) is 44.7 Å². The van der Waals surface area contributed by atoms with Crippen LogP contribution in [-0.2, 0) is 4.79 Å². The maximum absolute atomic E-state index is 13.2. The smallest absolute Gasteiger partial charge is 0.252 e. The minimum Gasteiger partial charge on any atom is -0.302 e. The molecule has 0 bridgehead atoms. The van der Waals surface area contributed by atoms with Gasteiger partial charge in [0.15, 0.2) is 5.13 Å². The van der Waals surface area contributed by atoms with E-state index in [1.54, 1.807) is 28.4 Å². The highest BCUT2D eigenvalue weighted by Crippen LogP contribution is 2.31. The Morgan fingerprint density at radius 1 is 1.10 bits per heavy atom. The Kier molecular flexibility index (Phi) is 9.51. The van der Waals surface area contributed by atoms with Crippen LogP contribution in [0.4, 0.5) is 5.13 Å². The number of aromatic nitrogens is 1. The SMILES string of the molecule is CCN(CC)CCN(C(=O)C=Cc1ccccc1Cl)c1nc2cc(C)c(C)cc2s1.Cl. The van der Waals surface area contributed by atoms with Gasteiger partial charge in [0.2, 0.25) is 0 Å². The fourth-order valence-electron chi connectivity index (χ4n) is 3.23. The maximum Gasteiger partial charge on any atom is 0.252 e. The number of carbonyl (C=O) groups is 1. The molecule has 0 saturated heterocycles. The van der Waals surface area contributed by atoms with Gasteiger partial charge < -0.3 is 4.90 Å². The normalized spacial score (nSPS) is 11.3. The summed E-state index contributed by atoms with van der Waals surface area (Å²) in [7, 11) is 0. The number of hydrogen-bond acceptors (Lipinski definition) is 4. The number of anilines is 1. The molecule has 166 valence electrons. The lowest BCUT2D eigenvalue weighted by Crippen LogP contribution is -2.38. The van der Waals surface area contributed by atoms with Crippen molar-refractivity contribution in [1.82, 2.24) is 9.88 Å². The molecule has 0 atom stereocenters. The van der Waals surface area contributed by atoms with Crippen molar-refractivity contribution in [2.24, 2.45) is 0 Å². The average molecular weight is 478 g/mol. The molecule has 31 heavy (non-hydrogen) atoms. The largest absolute Gasteiger partial charge is 0.302 e. The zero-order valence-electron chi connectivity index (χ0n) is 18.4. The highest BCUT2D eigenvalue weighted by molar-refractivity contribution is 7.22. The second kappa shape index (κ2) is 11.6. The molecule has 0 saturated carbocycles. The molecule has 0 fully saturated rings. The number of halogens is 2. The molecule has 2 aromatic carbocycles. The number of aryl methyl sites for hydroxylation is 2. The van der Waals surface area contributed by atoms with Gasteiger partial charge in [-0.1, -0.05) is 55.0 Å². The molecule has 3 aromatic rings. The highest BCUT2D eigenvalue weighted by Gasteiger charge is 2.19. The van der Waals surface area contributed by atoms with Crippen molar-refractivity contribution in [3.63, 3.8) is 0 Å². The van der Waals surface area contributed by atoms with Crippen LogP contribution in [0, 0.1) is 13.8 Å². The molecule has 1 amide bonds. The zero-order chi connectivity index (χ0) is 21.7. The van der Waals surface area contributed by atoms with E-state index in [9.17, 15) is 4.79 Å². The Morgan fingerprint density at radius 2 is 1.77 bits per heavy atom. The molecule has 1 aromatic heterocycles. The van der Waals surface area contributed by atoms with Gasteiger partial charge in [0.1, 0.15) is 0 Å². The first-order valence-electron chi connectivity index (χ1n) is 10.3. The lowest BCUT2D eigenvalue weighted by molar-refractivity contribution is -0.114. The molecule has 7 heteroatoms. The number of likely N-dealkylation sites (N-methyl/N-ethyl adjacent to an activating group) is 1. The number of rotatable bonds is 8. The summed E-state index contributed by atoms with van der Waals surface area (Å²) in [5.74, 6) is -0.0884. The van der Waals surface area contributed by atoms with Crippen LogP contribution in [0.3, 0.4) is 0 Å². The molecule has 3 rings (SSSR count). The van der Waals surface area contributed by atoms with Crippen LogP contribution in [0.25, 0.3) is 16.3 Å². The topological polar surface area (TPSA) is 36.4 Å². The van der Waals surface area contributed by atoms with E-state index in [-0.39, 0.29) is 18.3 Å². The van der Waals surface area contributed by atoms with Crippen molar-refractivity contribution in [3.05, 3.63) is 64.2 Å². The molecule has 0 N–H and O–H groups in total. The number of carbonyl (C=O) groups excluding carboxylic acids is 1. The number of thiazole rings is 1. The molecule has 4 nitrogen and oxygen atoms in total. The zero-order valence-corrected chi connectivity index (χ0v) is 20.8. The molecule has 0 aliphatic rings. The van der Waals surface area contributed by atoms with E-state index in [1.807, 2.05) is 24.3 Å². The molecule has 0 aliphatic heterocycles. The van der Waals surface area contributed by atoms with Crippen molar-refractivity contribution in [1.29, 1.82) is 0 Å². The van der Waals surface area contributed by atoms with Gasteiger partial charge in [-0.05, 0) is 67.9 Å². The predicted octanol–water partition coefficient (Wildman–Crippen LogP) is 6.38. The van der Waals surface area contributed by atoms with Crippen LogP contribution in [0.1, 0.15) is 30.5 Å². The van der Waals surface area contributed by atoms with Gasteiger partial charge >= 0.3 is 0 Å². The summed E-state index contributed by atoms with van der Waals surface area (Å²) < 4.78 is 1.10. The molecule has 0 unspecified atom stereocenters. The van der Waals surface area contributed by atoms with Crippen molar-refractivity contribution < 1.29 is 4.79 Å². The van der Waals surface area contributed by atoms with Gasteiger partial charge in [-0.3, -0.25) is 9.69 Å². The van der Waals surface area contributed by atoms with Crippen LogP contribution in [0.5, 0.6) is 0 Å². The molecule has 0 radical (unpaired) electrons. The lowest BCUT2D eigenvalue weighted by Gasteiger charge is -2.23. The van der Waals surface area contributed by atoms with E-state index in [4.69, 9.17) is 16.6 Å². The Labute approximate surface area is 199 Å². The van der Waals surface area contributed by atoms with Gasteiger partial charge in [0.05, 0.1) is 10.2 Å². The first kappa shape index (κ1) is 25.3. The van der Waals surface area contributed by atoms with Crippen LogP contribution in [0.15, 0.2) is 42.5 Å². The van der Waals surface area contributed by atoms with E-state index in [1.165, 1.54) is 11.1 Å². The van der Waals surface area contributed by atoms with Crippen molar-refractivity contribution in [2.75, 3.05) is 31.1 Å². The van der Waals surface area contributed by atoms with E-state index in [0.29, 0.717) is 11.6 Å². The van der Waals surface area contributed by atoms with Crippen LogP contribution in [-0.4, -0.2) is 42.0 Å².